The molecule has 1 aromatic carbocycles. The highest BCUT2D eigenvalue weighted by atomic mass is 14.9. The molecular weight excluding hydrogens is 220 g/mol. The SMILES string of the molecule is C[C@H](NCCCc1ccccc1)c1ccccn1. The van der Waals surface area contributed by atoms with Crippen LogP contribution in [0.25, 0.3) is 0 Å². The van der Waals surface area contributed by atoms with Gasteiger partial charge in [-0.3, -0.25) is 4.98 Å². The van der Waals surface area contributed by atoms with E-state index in [9.17, 15) is 0 Å². The molecule has 0 saturated carbocycles. The number of benzene rings is 1. The highest BCUT2D eigenvalue weighted by Crippen LogP contribution is 2.08. The van der Waals surface area contributed by atoms with Gasteiger partial charge in [0, 0.05) is 12.2 Å². The fourth-order valence-electron chi connectivity index (χ4n) is 1.99. The van der Waals surface area contributed by atoms with Crippen LogP contribution in [0.2, 0.25) is 0 Å². The van der Waals surface area contributed by atoms with Gasteiger partial charge < -0.3 is 5.32 Å². The first-order valence-corrected chi connectivity index (χ1v) is 6.54. The van der Waals surface area contributed by atoms with Crippen molar-refractivity contribution in [3.8, 4) is 0 Å². The molecule has 2 heteroatoms. The van der Waals surface area contributed by atoms with E-state index < -0.39 is 0 Å². The van der Waals surface area contributed by atoms with Crippen LogP contribution in [-0.2, 0) is 6.42 Å². The molecule has 2 nitrogen and oxygen atoms in total. The van der Waals surface area contributed by atoms with Crippen molar-refractivity contribution >= 4 is 0 Å². The summed E-state index contributed by atoms with van der Waals surface area (Å²) in [6, 6.07) is 17.0. The first kappa shape index (κ1) is 12.8. The molecule has 94 valence electrons. The third kappa shape index (κ3) is 3.97. The molecule has 0 radical (unpaired) electrons. The van der Waals surface area contributed by atoms with Crippen molar-refractivity contribution in [2.45, 2.75) is 25.8 Å². The second-order valence-electron chi connectivity index (χ2n) is 4.52. The lowest BCUT2D eigenvalue weighted by molar-refractivity contribution is 0.547. The molecule has 2 rings (SSSR count). The first-order chi connectivity index (χ1) is 8.86. The highest BCUT2D eigenvalue weighted by molar-refractivity contribution is 5.14. The molecule has 0 amide bonds. The number of nitrogens with zero attached hydrogens (tertiary/aromatic N) is 1. The zero-order valence-electron chi connectivity index (χ0n) is 10.8. The number of hydrogen-bond donors (Lipinski definition) is 1. The zero-order valence-corrected chi connectivity index (χ0v) is 10.8. The fraction of sp³-hybridized carbons (Fsp3) is 0.312. The van der Waals surface area contributed by atoms with Gasteiger partial charge in [-0.15, -0.1) is 0 Å². The van der Waals surface area contributed by atoms with Gasteiger partial charge in [-0.1, -0.05) is 36.4 Å². The van der Waals surface area contributed by atoms with E-state index in [1.807, 2.05) is 18.3 Å². The molecule has 1 aromatic heterocycles. The molecule has 0 spiro atoms. The molecule has 0 unspecified atom stereocenters. The van der Waals surface area contributed by atoms with Gasteiger partial charge in [0.2, 0.25) is 0 Å². The van der Waals surface area contributed by atoms with Crippen LogP contribution < -0.4 is 5.32 Å². The Hall–Kier alpha value is -1.67. The van der Waals surface area contributed by atoms with Crippen LogP contribution in [0.15, 0.2) is 54.7 Å². The molecule has 1 N–H and O–H groups in total. The van der Waals surface area contributed by atoms with E-state index in [1.54, 1.807) is 0 Å². The van der Waals surface area contributed by atoms with Gasteiger partial charge in [0.15, 0.2) is 0 Å². The van der Waals surface area contributed by atoms with Gasteiger partial charge in [-0.25, -0.2) is 0 Å². The molecule has 0 aliphatic rings. The Morgan fingerprint density at radius 2 is 1.83 bits per heavy atom. The number of hydrogen-bond acceptors (Lipinski definition) is 2. The molecule has 18 heavy (non-hydrogen) atoms. The zero-order chi connectivity index (χ0) is 12.6. The number of aromatic nitrogens is 1. The van der Waals surface area contributed by atoms with Crippen LogP contribution in [0.3, 0.4) is 0 Å². The number of pyridine rings is 1. The van der Waals surface area contributed by atoms with Crippen LogP contribution in [0.1, 0.15) is 30.6 Å². The van der Waals surface area contributed by atoms with Crippen LogP contribution >= 0.6 is 0 Å². The summed E-state index contributed by atoms with van der Waals surface area (Å²) in [7, 11) is 0. The molecule has 0 fully saturated rings. The molecule has 0 aliphatic heterocycles. The third-order valence-electron chi connectivity index (χ3n) is 3.07. The van der Waals surface area contributed by atoms with E-state index in [2.05, 4.69) is 53.6 Å². The molecule has 1 heterocycles. The third-order valence-corrected chi connectivity index (χ3v) is 3.07. The molecule has 0 bridgehead atoms. The predicted octanol–water partition coefficient (Wildman–Crippen LogP) is 3.37. The van der Waals surface area contributed by atoms with Crippen molar-refractivity contribution in [1.29, 1.82) is 0 Å². The van der Waals surface area contributed by atoms with Gasteiger partial charge >= 0.3 is 0 Å². The molecule has 1 atom stereocenters. The lowest BCUT2D eigenvalue weighted by Gasteiger charge is -2.12. The minimum absolute atomic E-state index is 0.321. The summed E-state index contributed by atoms with van der Waals surface area (Å²) >= 11 is 0. The summed E-state index contributed by atoms with van der Waals surface area (Å²) in [5, 5.41) is 3.51. The Labute approximate surface area is 109 Å². The average molecular weight is 240 g/mol. The summed E-state index contributed by atoms with van der Waals surface area (Å²) in [5.41, 5.74) is 2.52. The maximum atomic E-state index is 4.35. The topological polar surface area (TPSA) is 24.9 Å². The van der Waals surface area contributed by atoms with Crippen molar-refractivity contribution in [3.63, 3.8) is 0 Å². The molecule has 0 aliphatic carbocycles. The number of nitrogens with one attached hydrogen (secondary N) is 1. The van der Waals surface area contributed by atoms with Gasteiger partial charge in [0.05, 0.1) is 5.69 Å². The van der Waals surface area contributed by atoms with Gasteiger partial charge in [-0.2, -0.15) is 0 Å². The van der Waals surface area contributed by atoms with Crippen molar-refractivity contribution in [2.24, 2.45) is 0 Å². The van der Waals surface area contributed by atoms with Gasteiger partial charge in [0.25, 0.3) is 0 Å². The van der Waals surface area contributed by atoms with E-state index in [4.69, 9.17) is 0 Å². The van der Waals surface area contributed by atoms with Crippen LogP contribution in [-0.4, -0.2) is 11.5 Å². The summed E-state index contributed by atoms with van der Waals surface area (Å²) in [6.07, 6.45) is 4.13. The second-order valence-corrected chi connectivity index (χ2v) is 4.52. The van der Waals surface area contributed by atoms with Crippen LogP contribution in [0.4, 0.5) is 0 Å². The minimum Gasteiger partial charge on any atom is -0.309 e. The molecular formula is C16H20N2. The summed E-state index contributed by atoms with van der Waals surface area (Å²) in [5.74, 6) is 0. The van der Waals surface area contributed by atoms with E-state index >= 15 is 0 Å². The Bertz CT molecular complexity index is 439. The maximum absolute atomic E-state index is 4.35. The fourth-order valence-corrected chi connectivity index (χ4v) is 1.99. The second kappa shape index (κ2) is 6.92. The van der Waals surface area contributed by atoms with Crippen molar-refractivity contribution in [1.82, 2.24) is 10.3 Å². The number of aryl methyl sites for hydroxylation is 1. The lowest BCUT2D eigenvalue weighted by Crippen LogP contribution is -2.21. The standard InChI is InChI=1S/C16H20N2/c1-14(16-11-5-6-12-18-16)17-13-7-10-15-8-3-2-4-9-15/h2-6,8-9,11-12,14,17H,7,10,13H2,1H3/t14-/m0/s1. The highest BCUT2D eigenvalue weighted by Gasteiger charge is 2.04. The first-order valence-electron chi connectivity index (χ1n) is 6.54. The van der Waals surface area contributed by atoms with E-state index in [-0.39, 0.29) is 0 Å². The monoisotopic (exact) mass is 240 g/mol. The van der Waals surface area contributed by atoms with Crippen molar-refractivity contribution in [3.05, 3.63) is 66.0 Å². The lowest BCUT2D eigenvalue weighted by atomic mass is 10.1. The van der Waals surface area contributed by atoms with Gasteiger partial charge in [-0.05, 0) is 44.0 Å². The predicted molar refractivity (Wildman–Crippen MR) is 75.4 cm³/mol. The minimum atomic E-state index is 0.321. The smallest absolute Gasteiger partial charge is 0.0570 e. The number of rotatable bonds is 6. The summed E-state index contributed by atoms with van der Waals surface area (Å²) in [4.78, 5) is 4.35. The molecule has 0 saturated heterocycles. The Morgan fingerprint density at radius 3 is 2.56 bits per heavy atom. The maximum Gasteiger partial charge on any atom is 0.0570 e. The Morgan fingerprint density at radius 1 is 1.06 bits per heavy atom. The van der Waals surface area contributed by atoms with Crippen LogP contribution in [0, 0.1) is 0 Å². The summed E-state index contributed by atoms with van der Waals surface area (Å²) in [6.45, 7) is 3.18. The van der Waals surface area contributed by atoms with E-state index in [0.29, 0.717) is 6.04 Å². The largest absolute Gasteiger partial charge is 0.309 e. The quantitative estimate of drug-likeness (QED) is 0.783. The van der Waals surface area contributed by atoms with Crippen molar-refractivity contribution < 1.29 is 0 Å². The van der Waals surface area contributed by atoms with Crippen LogP contribution in [0.5, 0.6) is 0 Å². The Kier molecular flexibility index (Phi) is 4.91. The van der Waals surface area contributed by atoms with E-state index in [0.717, 1.165) is 25.1 Å². The van der Waals surface area contributed by atoms with Crippen molar-refractivity contribution in [2.75, 3.05) is 6.54 Å². The van der Waals surface area contributed by atoms with E-state index in [1.165, 1.54) is 5.56 Å². The normalized spacial score (nSPS) is 12.3. The summed E-state index contributed by atoms with van der Waals surface area (Å²) < 4.78 is 0. The average Bonchev–Trinajstić information content (AvgIpc) is 2.45. The van der Waals surface area contributed by atoms with Gasteiger partial charge in [0.1, 0.15) is 0 Å². The Balaban J connectivity index is 1.70. The molecule has 2 aromatic rings.